The number of para-hydroxylation sites is 2. The van der Waals surface area contributed by atoms with Crippen LogP contribution in [0.1, 0.15) is 0 Å². The third-order valence-corrected chi connectivity index (χ3v) is 5.59. The summed E-state index contributed by atoms with van der Waals surface area (Å²) < 4.78 is 46.1. The van der Waals surface area contributed by atoms with Gasteiger partial charge in [0.2, 0.25) is 0 Å². The first-order valence-corrected chi connectivity index (χ1v) is 9.52. The molecule has 0 saturated heterocycles. The summed E-state index contributed by atoms with van der Waals surface area (Å²) in [6.07, 6.45) is 0. The van der Waals surface area contributed by atoms with Gasteiger partial charge in [-0.05, 0) is 48.5 Å². The smallest absolute Gasteiger partial charge is 0.264 e. The van der Waals surface area contributed by atoms with Crippen molar-refractivity contribution in [3.63, 3.8) is 0 Å². The molecule has 134 valence electrons. The van der Waals surface area contributed by atoms with Crippen molar-refractivity contribution in [2.75, 3.05) is 17.5 Å². The average molecular weight is 371 g/mol. The molecule has 0 aromatic heterocycles. The molecular formula is C20H18FNO3S. The monoisotopic (exact) mass is 371 g/mol. The summed E-state index contributed by atoms with van der Waals surface area (Å²) in [5, 5.41) is 0. The standard InChI is InChI=1S/C20H18FNO3S/c21-17-11-13-20(14-12-17)26(23,24)22(18-7-3-1-4-8-18)15-16-25-19-9-5-2-6-10-19/h1-14H,15-16H2. The third kappa shape index (κ3) is 4.21. The Morgan fingerprint density at radius 3 is 2.00 bits per heavy atom. The van der Waals surface area contributed by atoms with E-state index in [0.717, 1.165) is 12.1 Å². The molecule has 0 N–H and O–H groups in total. The number of benzene rings is 3. The second kappa shape index (κ2) is 8.01. The van der Waals surface area contributed by atoms with E-state index in [1.54, 1.807) is 36.4 Å². The Labute approximate surface area is 152 Å². The molecule has 3 aromatic rings. The molecule has 3 rings (SSSR count). The molecule has 3 aromatic carbocycles. The molecule has 0 unspecified atom stereocenters. The zero-order valence-corrected chi connectivity index (χ0v) is 14.8. The summed E-state index contributed by atoms with van der Waals surface area (Å²) in [4.78, 5) is 0.0301. The largest absolute Gasteiger partial charge is 0.492 e. The van der Waals surface area contributed by atoms with Crippen molar-refractivity contribution in [2.24, 2.45) is 0 Å². The molecule has 0 bridgehead atoms. The first kappa shape index (κ1) is 17.9. The normalized spacial score (nSPS) is 11.1. The summed E-state index contributed by atoms with van der Waals surface area (Å²) in [5.74, 6) is 0.183. The van der Waals surface area contributed by atoms with Crippen LogP contribution < -0.4 is 9.04 Å². The predicted molar refractivity (Wildman–Crippen MR) is 99.3 cm³/mol. The fourth-order valence-electron chi connectivity index (χ4n) is 2.48. The maximum atomic E-state index is 13.2. The van der Waals surface area contributed by atoms with Crippen LogP contribution in [0.5, 0.6) is 5.75 Å². The Bertz CT molecular complexity index is 930. The van der Waals surface area contributed by atoms with E-state index in [4.69, 9.17) is 4.74 Å². The van der Waals surface area contributed by atoms with Gasteiger partial charge < -0.3 is 4.74 Å². The van der Waals surface area contributed by atoms with E-state index in [9.17, 15) is 12.8 Å². The highest BCUT2D eigenvalue weighted by molar-refractivity contribution is 7.92. The number of hydrogen-bond donors (Lipinski definition) is 0. The van der Waals surface area contributed by atoms with Crippen molar-refractivity contribution in [3.05, 3.63) is 90.7 Å². The quantitative estimate of drug-likeness (QED) is 0.628. The maximum absolute atomic E-state index is 13.2. The van der Waals surface area contributed by atoms with Crippen molar-refractivity contribution < 1.29 is 17.5 Å². The summed E-state index contributed by atoms with van der Waals surface area (Å²) in [6.45, 7) is 0.304. The van der Waals surface area contributed by atoms with Crippen LogP contribution in [-0.2, 0) is 10.0 Å². The highest BCUT2D eigenvalue weighted by Crippen LogP contribution is 2.23. The highest BCUT2D eigenvalue weighted by atomic mass is 32.2. The molecule has 0 aliphatic heterocycles. The number of sulfonamides is 1. The van der Waals surface area contributed by atoms with Gasteiger partial charge in [0.1, 0.15) is 18.2 Å². The van der Waals surface area contributed by atoms with E-state index in [1.165, 1.54) is 16.4 Å². The second-order valence-electron chi connectivity index (χ2n) is 5.53. The molecule has 6 heteroatoms. The summed E-state index contributed by atoms with van der Waals surface area (Å²) >= 11 is 0. The second-order valence-corrected chi connectivity index (χ2v) is 7.39. The van der Waals surface area contributed by atoms with E-state index in [-0.39, 0.29) is 18.0 Å². The van der Waals surface area contributed by atoms with Crippen molar-refractivity contribution in [1.82, 2.24) is 0 Å². The minimum absolute atomic E-state index is 0.0301. The van der Waals surface area contributed by atoms with E-state index in [0.29, 0.717) is 11.4 Å². The lowest BCUT2D eigenvalue weighted by Crippen LogP contribution is -2.34. The fraction of sp³-hybridized carbons (Fsp3) is 0.100. The maximum Gasteiger partial charge on any atom is 0.264 e. The molecule has 0 amide bonds. The number of halogens is 1. The van der Waals surface area contributed by atoms with Crippen molar-refractivity contribution in [1.29, 1.82) is 0 Å². The van der Waals surface area contributed by atoms with E-state index < -0.39 is 15.8 Å². The van der Waals surface area contributed by atoms with Crippen LogP contribution in [0.2, 0.25) is 0 Å². The highest BCUT2D eigenvalue weighted by Gasteiger charge is 2.24. The van der Waals surface area contributed by atoms with Gasteiger partial charge in [-0.1, -0.05) is 36.4 Å². The van der Waals surface area contributed by atoms with Gasteiger partial charge in [-0.15, -0.1) is 0 Å². The van der Waals surface area contributed by atoms with Gasteiger partial charge in [0, 0.05) is 0 Å². The minimum atomic E-state index is -3.84. The van der Waals surface area contributed by atoms with Gasteiger partial charge in [-0.3, -0.25) is 4.31 Å². The van der Waals surface area contributed by atoms with Crippen LogP contribution in [0.3, 0.4) is 0 Å². The molecule has 0 fully saturated rings. The van der Waals surface area contributed by atoms with Crippen LogP contribution in [-0.4, -0.2) is 21.6 Å². The summed E-state index contributed by atoms with van der Waals surface area (Å²) in [5.41, 5.74) is 0.522. The van der Waals surface area contributed by atoms with Crippen LogP contribution in [0.4, 0.5) is 10.1 Å². The lowest BCUT2D eigenvalue weighted by molar-refractivity contribution is 0.328. The zero-order chi connectivity index (χ0) is 18.4. The Hall–Kier alpha value is -2.86. The van der Waals surface area contributed by atoms with Crippen LogP contribution in [0, 0.1) is 5.82 Å². The Morgan fingerprint density at radius 1 is 0.808 bits per heavy atom. The third-order valence-electron chi connectivity index (χ3n) is 3.75. The Morgan fingerprint density at radius 2 is 1.38 bits per heavy atom. The molecule has 0 aliphatic carbocycles. The van der Waals surface area contributed by atoms with Gasteiger partial charge >= 0.3 is 0 Å². The van der Waals surface area contributed by atoms with Gasteiger partial charge in [0.25, 0.3) is 10.0 Å². The molecule has 0 spiro atoms. The van der Waals surface area contributed by atoms with Crippen LogP contribution in [0.15, 0.2) is 89.8 Å². The summed E-state index contributed by atoms with van der Waals surface area (Å²) in [7, 11) is -3.84. The number of ether oxygens (including phenoxy) is 1. The Balaban J connectivity index is 1.85. The number of rotatable bonds is 7. The molecule has 0 radical (unpaired) electrons. The average Bonchev–Trinajstić information content (AvgIpc) is 2.67. The van der Waals surface area contributed by atoms with Crippen LogP contribution >= 0.6 is 0 Å². The van der Waals surface area contributed by atoms with Crippen LogP contribution in [0.25, 0.3) is 0 Å². The first-order valence-electron chi connectivity index (χ1n) is 8.08. The molecule has 4 nitrogen and oxygen atoms in total. The van der Waals surface area contributed by atoms with Gasteiger partial charge in [0.05, 0.1) is 17.1 Å². The number of hydrogen-bond acceptors (Lipinski definition) is 3. The van der Waals surface area contributed by atoms with E-state index >= 15 is 0 Å². The lowest BCUT2D eigenvalue weighted by Gasteiger charge is -2.24. The fourth-order valence-corrected chi connectivity index (χ4v) is 3.93. The zero-order valence-electron chi connectivity index (χ0n) is 14.0. The predicted octanol–water partition coefficient (Wildman–Crippen LogP) is 4.10. The number of anilines is 1. The van der Waals surface area contributed by atoms with Gasteiger partial charge in [-0.25, -0.2) is 12.8 Å². The molecule has 0 saturated carbocycles. The SMILES string of the molecule is O=S(=O)(c1ccc(F)cc1)N(CCOc1ccccc1)c1ccccc1. The van der Waals surface area contributed by atoms with Crippen molar-refractivity contribution in [2.45, 2.75) is 4.90 Å². The molecular weight excluding hydrogens is 353 g/mol. The topological polar surface area (TPSA) is 46.6 Å². The van der Waals surface area contributed by atoms with Gasteiger partial charge in [0.15, 0.2) is 0 Å². The number of nitrogens with zero attached hydrogens (tertiary/aromatic N) is 1. The van der Waals surface area contributed by atoms with Crippen molar-refractivity contribution >= 4 is 15.7 Å². The van der Waals surface area contributed by atoms with E-state index in [1.807, 2.05) is 24.3 Å². The first-order chi connectivity index (χ1) is 12.6. The lowest BCUT2D eigenvalue weighted by atomic mass is 10.3. The molecule has 0 atom stereocenters. The van der Waals surface area contributed by atoms with E-state index in [2.05, 4.69) is 0 Å². The van der Waals surface area contributed by atoms with Gasteiger partial charge in [-0.2, -0.15) is 0 Å². The molecule has 0 aliphatic rings. The Kier molecular flexibility index (Phi) is 5.53. The molecule has 0 heterocycles. The minimum Gasteiger partial charge on any atom is -0.492 e. The summed E-state index contributed by atoms with van der Waals surface area (Å²) in [6, 6.07) is 22.7. The van der Waals surface area contributed by atoms with Crippen molar-refractivity contribution in [3.8, 4) is 5.75 Å². The molecule has 26 heavy (non-hydrogen) atoms.